The largest absolute Gasteiger partial charge is 0.370 e. The highest BCUT2D eigenvalue weighted by atomic mass is 16.5. The molecule has 1 atom stereocenters. The van der Waals surface area contributed by atoms with Crippen LogP contribution in [0.25, 0.3) is 0 Å². The molecule has 0 aromatic carbocycles. The van der Waals surface area contributed by atoms with E-state index < -0.39 is 0 Å². The summed E-state index contributed by atoms with van der Waals surface area (Å²) in [5, 5.41) is 3.55. The third kappa shape index (κ3) is 2.63. The van der Waals surface area contributed by atoms with Crippen molar-refractivity contribution in [1.29, 1.82) is 0 Å². The molecule has 4 heteroatoms. The standard InChI is InChI=1S/C16H25N3O/c1-2-7-16(6-1)8-5-14(20-16)12-19-10-9-17-15(19)11-18-13-3-4-13/h9-10,13-14,18H,1-8,11-12H2. The molecule has 1 saturated heterocycles. The van der Waals surface area contributed by atoms with E-state index in [4.69, 9.17) is 4.74 Å². The van der Waals surface area contributed by atoms with Gasteiger partial charge in [-0.15, -0.1) is 0 Å². The van der Waals surface area contributed by atoms with Gasteiger partial charge in [-0.25, -0.2) is 4.98 Å². The zero-order chi connectivity index (χ0) is 13.4. The first-order valence-corrected chi connectivity index (χ1v) is 8.24. The molecule has 0 bridgehead atoms. The molecule has 1 aliphatic heterocycles. The maximum atomic E-state index is 6.41. The van der Waals surface area contributed by atoms with Crippen LogP contribution in [0.2, 0.25) is 0 Å². The lowest BCUT2D eigenvalue weighted by atomic mass is 9.98. The lowest BCUT2D eigenvalue weighted by molar-refractivity contribution is -0.0420. The Morgan fingerprint density at radius 2 is 2.10 bits per heavy atom. The first-order chi connectivity index (χ1) is 9.83. The quantitative estimate of drug-likeness (QED) is 0.898. The summed E-state index contributed by atoms with van der Waals surface area (Å²) in [6.45, 7) is 1.87. The van der Waals surface area contributed by atoms with Crippen molar-refractivity contribution < 1.29 is 4.74 Å². The minimum Gasteiger partial charge on any atom is -0.370 e. The number of nitrogens with zero attached hydrogens (tertiary/aromatic N) is 2. The van der Waals surface area contributed by atoms with E-state index in [1.54, 1.807) is 0 Å². The predicted molar refractivity (Wildman–Crippen MR) is 77.4 cm³/mol. The molecule has 4 rings (SSSR count). The zero-order valence-electron chi connectivity index (χ0n) is 12.2. The number of imidazole rings is 1. The van der Waals surface area contributed by atoms with Crippen LogP contribution < -0.4 is 5.32 Å². The average molecular weight is 275 g/mol. The zero-order valence-corrected chi connectivity index (χ0v) is 12.2. The second kappa shape index (κ2) is 5.15. The van der Waals surface area contributed by atoms with E-state index in [1.807, 2.05) is 6.20 Å². The highest BCUT2D eigenvalue weighted by Crippen LogP contribution is 2.43. The van der Waals surface area contributed by atoms with Gasteiger partial charge in [0.25, 0.3) is 0 Å². The minimum absolute atomic E-state index is 0.248. The molecule has 3 fully saturated rings. The molecule has 110 valence electrons. The molecule has 2 saturated carbocycles. The summed E-state index contributed by atoms with van der Waals surface area (Å²) in [6.07, 6.45) is 14.8. The maximum Gasteiger partial charge on any atom is 0.122 e. The van der Waals surface area contributed by atoms with Crippen LogP contribution in [0.1, 0.15) is 57.2 Å². The van der Waals surface area contributed by atoms with Gasteiger partial charge in [0.05, 0.1) is 24.8 Å². The Hall–Kier alpha value is -0.870. The van der Waals surface area contributed by atoms with Crippen LogP contribution in [0.3, 0.4) is 0 Å². The fourth-order valence-electron chi connectivity index (χ4n) is 3.83. The maximum absolute atomic E-state index is 6.41. The van der Waals surface area contributed by atoms with Gasteiger partial charge in [-0.05, 0) is 38.5 Å². The van der Waals surface area contributed by atoms with E-state index >= 15 is 0 Å². The number of ether oxygens (including phenoxy) is 1. The molecule has 1 aromatic rings. The summed E-state index contributed by atoms with van der Waals surface area (Å²) in [5.41, 5.74) is 0.248. The molecule has 1 unspecified atom stereocenters. The Balaban J connectivity index is 1.35. The molecule has 2 aliphatic carbocycles. The Bertz CT molecular complexity index is 460. The van der Waals surface area contributed by atoms with E-state index in [0.717, 1.165) is 25.0 Å². The van der Waals surface area contributed by atoms with Crippen LogP contribution in [-0.4, -0.2) is 27.3 Å². The van der Waals surface area contributed by atoms with Crippen LogP contribution in [-0.2, 0) is 17.8 Å². The SMILES string of the molecule is c1cn(CC2CCC3(CCCC3)O2)c(CNC2CC2)n1. The first kappa shape index (κ1) is 12.8. The van der Waals surface area contributed by atoms with Gasteiger partial charge in [0.2, 0.25) is 0 Å². The molecule has 0 radical (unpaired) electrons. The van der Waals surface area contributed by atoms with Crippen LogP contribution in [0, 0.1) is 0 Å². The Morgan fingerprint density at radius 1 is 1.25 bits per heavy atom. The van der Waals surface area contributed by atoms with Crippen LogP contribution >= 0.6 is 0 Å². The number of hydrogen-bond acceptors (Lipinski definition) is 3. The van der Waals surface area contributed by atoms with Crippen LogP contribution in [0.4, 0.5) is 0 Å². The van der Waals surface area contributed by atoms with E-state index in [2.05, 4.69) is 21.1 Å². The normalized spacial score (nSPS) is 28.5. The van der Waals surface area contributed by atoms with Gasteiger partial charge in [0, 0.05) is 18.4 Å². The van der Waals surface area contributed by atoms with E-state index in [0.29, 0.717) is 6.10 Å². The van der Waals surface area contributed by atoms with E-state index in [9.17, 15) is 0 Å². The van der Waals surface area contributed by atoms with Crippen LogP contribution in [0.5, 0.6) is 0 Å². The summed E-state index contributed by atoms with van der Waals surface area (Å²) in [7, 11) is 0. The van der Waals surface area contributed by atoms with E-state index in [1.165, 1.54) is 51.4 Å². The van der Waals surface area contributed by atoms with Crippen molar-refractivity contribution in [3.05, 3.63) is 18.2 Å². The number of nitrogens with one attached hydrogen (secondary N) is 1. The molecule has 2 heterocycles. The monoisotopic (exact) mass is 275 g/mol. The number of aromatic nitrogens is 2. The molecule has 1 spiro atoms. The lowest BCUT2D eigenvalue weighted by Gasteiger charge is -2.24. The second-order valence-corrected chi connectivity index (χ2v) is 6.82. The van der Waals surface area contributed by atoms with Crippen molar-refractivity contribution in [3.63, 3.8) is 0 Å². The third-order valence-corrected chi connectivity index (χ3v) is 5.18. The molecule has 20 heavy (non-hydrogen) atoms. The summed E-state index contributed by atoms with van der Waals surface area (Å²) >= 11 is 0. The van der Waals surface area contributed by atoms with Gasteiger partial charge < -0.3 is 14.6 Å². The summed E-state index contributed by atoms with van der Waals surface area (Å²) in [5.74, 6) is 1.16. The molecular formula is C16H25N3O. The lowest BCUT2D eigenvalue weighted by Crippen LogP contribution is -2.27. The third-order valence-electron chi connectivity index (χ3n) is 5.18. The van der Waals surface area contributed by atoms with Crippen molar-refractivity contribution in [2.45, 2.75) is 82.2 Å². The highest BCUT2D eigenvalue weighted by Gasteiger charge is 2.42. The van der Waals surface area contributed by atoms with E-state index in [-0.39, 0.29) is 5.60 Å². The van der Waals surface area contributed by atoms with Crippen molar-refractivity contribution in [2.75, 3.05) is 0 Å². The molecular weight excluding hydrogens is 250 g/mol. The van der Waals surface area contributed by atoms with Crippen LogP contribution in [0.15, 0.2) is 12.4 Å². The smallest absolute Gasteiger partial charge is 0.122 e. The second-order valence-electron chi connectivity index (χ2n) is 6.82. The number of rotatable bonds is 5. The molecule has 3 aliphatic rings. The van der Waals surface area contributed by atoms with Crippen molar-refractivity contribution in [1.82, 2.24) is 14.9 Å². The topological polar surface area (TPSA) is 39.1 Å². The van der Waals surface area contributed by atoms with Crippen molar-refractivity contribution >= 4 is 0 Å². The first-order valence-electron chi connectivity index (χ1n) is 8.24. The van der Waals surface area contributed by atoms with Crippen molar-refractivity contribution in [2.24, 2.45) is 0 Å². The molecule has 4 nitrogen and oxygen atoms in total. The van der Waals surface area contributed by atoms with Gasteiger partial charge in [0.15, 0.2) is 0 Å². The Morgan fingerprint density at radius 3 is 2.90 bits per heavy atom. The summed E-state index contributed by atoms with van der Waals surface area (Å²) in [4.78, 5) is 4.49. The van der Waals surface area contributed by atoms with Gasteiger partial charge in [-0.2, -0.15) is 0 Å². The predicted octanol–water partition coefficient (Wildman–Crippen LogP) is 2.63. The minimum atomic E-state index is 0.248. The fourth-order valence-corrected chi connectivity index (χ4v) is 3.83. The summed E-state index contributed by atoms with van der Waals surface area (Å²) < 4.78 is 8.69. The molecule has 1 N–H and O–H groups in total. The highest BCUT2D eigenvalue weighted by molar-refractivity contribution is 4.97. The van der Waals surface area contributed by atoms with Gasteiger partial charge in [0.1, 0.15) is 5.82 Å². The average Bonchev–Trinajstić information content (AvgIpc) is 2.88. The molecule has 0 amide bonds. The van der Waals surface area contributed by atoms with Crippen molar-refractivity contribution in [3.8, 4) is 0 Å². The van der Waals surface area contributed by atoms with Gasteiger partial charge in [-0.3, -0.25) is 0 Å². The molecule has 1 aromatic heterocycles. The fraction of sp³-hybridized carbons (Fsp3) is 0.812. The number of hydrogen-bond donors (Lipinski definition) is 1. The Labute approximate surface area is 120 Å². The Kier molecular flexibility index (Phi) is 3.31. The summed E-state index contributed by atoms with van der Waals surface area (Å²) in [6, 6.07) is 0.740. The van der Waals surface area contributed by atoms with Gasteiger partial charge >= 0.3 is 0 Å². The van der Waals surface area contributed by atoms with Gasteiger partial charge in [-0.1, -0.05) is 12.8 Å².